The van der Waals surface area contributed by atoms with Gasteiger partial charge >= 0.3 is 0 Å². The van der Waals surface area contributed by atoms with Gasteiger partial charge < -0.3 is 5.73 Å². The number of hydrogen-bond donors (Lipinski definition) is 2. The average Bonchev–Trinajstić information content (AvgIpc) is 1.99. The van der Waals surface area contributed by atoms with Crippen LogP contribution in [0.1, 0.15) is 13.8 Å². The highest BCUT2D eigenvalue weighted by molar-refractivity contribution is 4.74. The first-order valence-corrected chi connectivity index (χ1v) is 3.44. The molecule has 3 N–H and O–H groups in total. The van der Waals surface area contributed by atoms with E-state index >= 15 is 0 Å². The summed E-state index contributed by atoms with van der Waals surface area (Å²) in [5.74, 6) is 0. The van der Waals surface area contributed by atoms with E-state index in [1.807, 2.05) is 13.8 Å². The molecule has 0 aliphatic carbocycles. The summed E-state index contributed by atoms with van der Waals surface area (Å²) in [5, 5.41) is 0. The van der Waals surface area contributed by atoms with Gasteiger partial charge in [0.25, 0.3) is 0 Å². The fraction of sp³-hybridized carbons (Fsp3) is 0.714. The van der Waals surface area contributed by atoms with Crippen molar-refractivity contribution in [2.24, 2.45) is 5.73 Å². The van der Waals surface area contributed by atoms with Crippen LogP contribution in [0.2, 0.25) is 0 Å². The van der Waals surface area contributed by atoms with E-state index in [4.69, 9.17) is 10.6 Å². The van der Waals surface area contributed by atoms with E-state index in [0.717, 1.165) is 0 Å². The second kappa shape index (κ2) is 5.41. The summed E-state index contributed by atoms with van der Waals surface area (Å²) in [6.07, 6.45) is 1.75. The number of hydroxylamine groups is 1. The molecule has 0 heterocycles. The van der Waals surface area contributed by atoms with Gasteiger partial charge in [-0.25, -0.2) is 0 Å². The fourth-order valence-electron chi connectivity index (χ4n) is 0.320. The third-order valence-electron chi connectivity index (χ3n) is 1.14. The van der Waals surface area contributed by atoms with Crippen molar-refractivity contribution < 1.29 is 4.84 Å². The van der Waals surface area contributed by atoms with Crippen molar-refractivity contribution in [1.82, 2.24) is 5.48 Å². The predicted molar refractivity (Wildman–Crippen MR) is 42.4 cm³/mol. The molecule has 2 unspecified atom stereocenters. The van der Waals surface area contributed by atoms with Gasteiger partial charge in [0.1, 0.15) is 0 Å². The van der Waals surface area contributed by atoms with Gasteiger partial charge in [-0.05, 0) is 13.8 Å². The number of nitrogens with two attached hydrogens (primary N) is 1. The minimum absolute atomic E-state index is 0.0361. The van der Waals surface area contributed by atoms with E-state index in [1.54, 1.807) is 6.08 Å². The lowest BCUT2D eigenvalue weighted by Crippen LogP contribution is -2.35. The van der Waals surface area contributed by atoms with Crippen molar-refractivity contribution in [2.75, 3.05) is 6.54 Å². The minimum atomic E-state index is 0.0361. The molecule has 60 valence electrons. The lowest BCUT2D eigenvalue weighted by atomic mass is 10.4. The summed E-state index contributed by atoms with van der Waals surface area (Å²) in [7, 11) is 0. The molecular weight excluding hydrogens is 128 g/mol. The van der Waals surface area contributed by atoms with Crippen LogP contribution in [-0.4, -0.2) is 18.7 Å². The molecule has 0 bridgehead atoms. The van der Waals surface area contributed by atoms with Crippen LogP contribution >= 0.6 is 0 Å². The molecule has 3 heteroatoms. The smallest absolute Gasteiger partial charge is 0.0940 e. The van der Waals surface area contributed by atoms with Crippen molar-refractivity contribution in [3.8, 4) is 0 Å². The normalized spacial score (nSPS) is 16.3. The standard InChI is InChI=1S/C7H16N2O/c1-4-7(3)10-9-6(2)5-8/h4,6-7,9H,1,5,8H2,2-3H3. The summed E-state index contributed by atoms with van der Waals surface area (Å²) in [5.41, 5.74) is 8.12. The number of hydrogen-bond acceptors (Lipinski definition) is 3. The summed E-state index contributed by atoms with van der Waals surface area (Å²) in [6, 6.07) is 0.197. The van der Waals surface area contributed by atoms with Gasteiger partial charge in [0.15, 0.2) is 0 Å². The maximum absolute atomic E-state index is 5.33. The lowest BCUT2D eigenvalue weighted by molar-refractivity contribution is -0.00689. The highest BCUT2D eigenvalue weighted by Gasteiger charge is 1.99. The zero-order chi connectivity index (χ0) is 7.98. The predicted octanol–water partition coefficient (Wildman–Crippen LogP) is 0.429. The summed E-state index contributed by atoms with van der Waals surface area (Å²) in [4.78, 5) is 5.10. The van der Waals surface area contributed by atoms with Crippen LogP contribution in [0.15, 0.2) is 12.7 Å². The summed E-state index contributed by atoms with van der Waals surface area (Å²) in [6.45, 7) is 8.00. The van der Waals surface area contributed by atoms with E-state index < -0.39 is 0 Å². The zero-order valence-electron chi connectivity index (χ0n) is 6.63. The molecule has 2 atom stereocenters. The van der Waals surface area contributed by atoms with E-state index in [2.05, 4.69) is 12.1 Å². The number of nitrogens with one attached hydrogen (secondary N) is 1. The van der Waals surface area contributed by atoms with Crippen molar-refractivity contribution >= 4 is 0 Å². The Hall–Kier alpha value is -0.380. The van der Waals surface area contributed by atoms with Gasteiger partial charge in [0, 0.05) is 12.6 Å². The fourth-order valence-corrected chi connectivity index (χ4v) is 0.320. The number of rotatable bonds is 5. The third kappa shape index (κ3) is 4.49. The van der Waals surface area contributed by atoms with Crippen LogP contribution in [-0.2, 0) is 4.84 Å². The molecule has 0 amide bonds. The third-order valence-corrected chi connectivity index (χ3v) is 1.14. The molecule has 3 nitrogen and oxygen atoms in total. The highest BCUT2D eigenvalue weighted by atomic mass is 16.7. The van der Waals surface area contributed by atoms with Crippen molar-refractivity contribution in [3.63, 3.8) is 0 Å². The van der Waals surface area contributed by atoms with Gasteiger partial charge in [-0.3, -0.25) is 4.84 Å². The molecular formula is C7H16N2O. The van der Waals surface area contributed by atoms with Crippen LogP contribution in [0.3, 0.4) is 0 Å². The molecule has 0 saturated heterocycles. The van der Waals surface area contributed by atoms with Crippen molar-refractivity contribution in [3.05, 3.63) is 12.7 Å². The molecule has 0 fully saturated rings. The van der Waals surface area contributed by atoms with Gasteiger partial charge in [0.05, 0.1) is 6.10 Å². The van der Waals surface area contributed by atoms with Crippen molar-refractivity contribution in [1.29, 1.82) is 0 Å². The largest absolute Gasteiger partial charge is 0.329 e. The van der Waals surface area contributed by atoms with Crippen molar-refractivity contribution in [2.45, 2.75) is 26.0 Å². The molecule has 0 saturated carbocycles. The Labute approximate surface area is 62.2 Å². The second-order valence-electron chi connectivity index (χ2n) is 2.31. The Morgan fingerprint density at radius 3 is 2.70 bits per heavy atom. The first kappa shape index (κ1) is 9.62. The second-order valence-corrected chi connectivity index (χ2v) is 2.31. The first-order chi connectivity index (χ1) is 4.70. The van der Waals surface area contributed by atoms with Gasteiger partial charge in [-0.15, -0.1) is 6.58 Å². The highest BCUT2D eigenvalue weighted by Crippen LogP contribution is 1.87. The van der Waals surface area contributed by atoms with Gasteiger partial charge in [0.2, 0.25) is 0 Å². The van der Waals surface area contributed by atoms with Crippen LogP contribution in [0.4, 0.5) is 0 Å². The minimum Gasteiger partial charge on any atom is -0.329 e. The first-order valence-electron chi connectivity index (χ1n) is 3.44. The SMILES string of the molecule is C=CC(C)ONC(C)CN. The molecule has 0 aromatic heterocycles. The summed E-state index contributed by atoms with van der Waals surface area (Å²) >= 11 is 0. The van der Waals surface area contributed by atoms with E-state index in [1.165, 1.54) is 0 Å². The molecule has 0 aromatic rings. The van der Waals surface area contributed by atoms with Crippen LogP contribution in [0.25, 0.3) is 0 Å². The monoisotopic (exact) mass is 144 g/mol. The molecule has 0 radical (unpaired) electrons. The van der Waals surface area contributed by atoms with Crippen LogP contribution in [0.5, 0.6) is 0 Å². The van der Waals surface area contributed by atoms with E-state index in [-0.39, 0.29) is 12.1 Å². The van der Waals surface area contributed by atoms with Gasteiger partial charge in [-0.2, -0.15) is 5.48 Å². The molecule has 0 aliphatic heterocycles. The van der Waals surface area contributed by atoms with Crippen LogP contribution in [0, 0.1) is 0 Å². The van der Waals surface area contributed by atoms with E-state index in [9.17, 15) is 0 Å². The Morgan fingerprint density at radius 2 is 2.30 bits per heavy atom. The molecule has 0 aliphatic rings. The average molecular weight is 144 g/mol. The topological polar surface area (TPSA) is 47.3 Å². The lowest BCUT2D eigenvalue weighted by Gasteiger charge is -2.13. The molecule has 0 rings (SSSR count). The molecule has 0 aromatic carbocycles. The maximum atomic E-state index is 5.33. The van der Waals surface area contributed by atoms with Gasteiger partial charge in [-0.1, -0.05) is 6.08 Å². The molecule has 0 spiro atoms. The van der Waals surface area contributed by atoms with E-state index in [0.29, 0.717) is 6.54 Å². The summed E-state index contributed by atoms with van der Waals surface area (Å²) < 4.78 is 0. The Morgan fingerprint density at radius 1 is 1.70 bits per heavy atom. The zero-order valence-corrected chi connectivity index (χ0v) is 6.63. The maximum Gasteiger partial charge on any atom is 0.0940 e. The Kier molecular flexibility index (Phi) is 5.20. The Bertz CT molecular complexity index is 95.6. The van der Waals surface area contributed by atoms with Crippen LogP contribution < -0.4 is 11.2 Å². The quantitative estimate of drug-likeness (QED) is 0.434. The Balaban J connectivity index is 3.25. The molecule has 10 heavy (non-hydrogen) atoms.